The molecule has 0 bridgehead atoms. The maximum atomic E-state index is 11.2. The first-order chi connectivity index (χ1) is 10.3. The molecule has 0 aromatic carbocycles. The van der Waals surface area contributed by atoms with Crippen LogP contribution in [0.15, 0.2) is 6.20 Å². The normalized spacial score (nSPS) is 11.5. The summed E-state index contributed by atoms with van der Waals surface area (Å²) in [5, 5.41) is 9.69. The summed E-state index contributed by atoms with van der Waals surface area (Å²) in [6.07, 6.45) is 4.62. The number of carbonyl (C=O) groups is 1. The Morgan fingerprint density at radius 2 is 2.00 bits per heavy atom. The summed E-state index contributed by atoms with van der Waals surface area (Å²) in [5.74, 6) is -0.682. The van der Waals surface area contributed by atoms with Crippen molar-refractivity contribution in [2.45, 2.75) is 19.8 Å². The van der Waals surface area contributed by atoms with Crippen molar-refractivity contribution < 1.29 is 9.90 Å². The fourth-order valence-corrected chi connectivity index (χ4v) is 2.37. The van der Waals surface area contributed by atoms with E-state index in [1.165, 1.54) is 6.20 Å². The molecule has 0 fully saturated rings. The second-order valence-corrected chi connectivity index (χ2v) is 5.63. The largest absolute Gasteiger partial charge is 0.478 e. The first-order valence-electron chi connectivity index (χ1n) is 6.47. The van der Waals surface area contributed by atoms with E-state index in [2.05, 4.69) is 15.0 Å². The van der Waals surface area contributed by atoms with Gasteiger partial charge in [0.05, 0.1) is 17.0 Å². The third-order valence-electron chi connectivity index (χ3n) is 3.04. The topological polar surface area (TPSA) is 80.9 Å². The second-order valence-electron chi connectivity index (χ2n) is 4.94. The number of rotatable bonds is 4. The molecule has 0 saturated heterocycles. The Morgan fingerprint density at radius 3 is 2.50 bits per heavy atom. The van der Waals surface area contributed by atoms with Crippen LogP contribution in [0.2, 0.25) is 10.4 Å². The highest BCUT2D eigenvalue weighted by Gasteiger charge is 2.15. The highest BCUT2D eigenvalue weighted by molar-refractivity contribution is 6.33. The first-order valence-corrected chi connectivity index (χ1v) is 7.23. The monoisotopic (exact) mass is 340 g/mol. The minimum absolute atomic E-state index is 0.0315. The predicted molar refractivity (Wildman–Crippen MR) is 85.2 cm³/mol. The van der Waals surface area contributed by atoms with Crippen molar-refractivity contribution in [1.29, 1.82) is 0 Å². The van der Waals surface area contributed by atoms with Crippen molar-refractivity contribution in [2.24, 2.45) is 7.05 Å². The predicted octanol–water partition coefficient (Wildman–Crippen LogP) is 3.51. The molecule has 2 aromatic heterocycles. The van der Waals surface area contributed by atoms with Gasteiger partial charge in [-0.05, 0) is 29.7 Å². The third kappa shape index (κ3) is 3.28. The van der Waals surface area contributed by atoms with Crippen LogP contribution >= 0.6 is 23.2 Å². The molecule has 0 spiro atoms. The van der Waals surface area contributed by atoms with Gasteiger partial charge in [0.2, 0.25) is 5.28 Å². The van der Waals surface area contributed by atoms with Crippen molar-refractivity contribution in [3.05, 3.63) is 39.4 Å². The molecule has 1 N–H and O–H groups in total. The lowest BCUT2D eigenvalue weighted by atomic mass is 10.1. The molecular weight excluding hydrogens is 327 g/mol. The van der Waals surface area contributed by atoms with Gasteiger partial charge in [0.25, 0.3) is 0 Å². The summed E-state index contributed by atoms with van der Waals surface area (Å²) >= 11 is 11.9. The van der Waals surface area contributed by atoms with Crippen molar-refractivity contribution in [3.8, 4) is 0 Å². The van der Waals surface area contributed by atoms with Crippen LogP contribution in [0.5, 0.6) is 0 Å². The van der Waals surface area contributed by atoms with Gasteiger partial charge in [0, 0.05) is 13.2 Å². The number of carboxylic acid groups (broad SMARTS) is 1. The molecule has 2 aromatic rings. The number of carboxylic acids is 1. The van der Waals surface area contributed by atoms with Crippen molar-refractivity contribution in [3.63, 3.8) is 0 Å². The van der Waals surface area contributed by atoms with E-state index < -0.39 is 5.97 Å². The van der Waals surface area contributed by atoms with E-state index in [1.54, 1.807) is 23.8 Å². The molecular formula is C14H14Cl2N4O2. The van der Waals surface area contributed by atoms with Gasteiger partial charge >= 0.3 is 5.97 Å². The molecule has 22 heavy (non-hydrogen) atoms. The van der Waals surface area contributed by atoms with Gasteiger partial charge in [-0.3, -0.25) is 0 Å². The minimum Gasteiger partial charge on any atom is -0.478 e. The van der Waals surface area contributed by atoms with Crippen LogP contribution < -0.4 is 0 Å². The molecule has 0 unspecified atom stereocenters. The summed E-state index contributed by atoms with van der Waals surface area (Å²) in [6, 6.07) is 0. The van der Waals surface area contributed by atoms with E-state index in [4.69, 9.17) is 28.3 Å². The second kappa shape index (κ2) is 6.46. The first kappa shape index (κ1) is 16.5. The summed E-state index contributed by atoms with van der Waals surface area (Å²) < 4.78 is 1.62. The number of hydrogen-bond acceptors (Lipinski definition) is 4. The Kier molecular flexibility index (Phi) is 4.83. The van der Waals surface area contributed by atoms with Gasteiger partial charge in [0.1, 0.15) is 0 Å². The highest BCUT2D eigenvalue weighted by atomic mass is 35.5. The molecule has 0 saturated carbocycles. The van der Waals surface area contributed by atoms with Gasteiger partial charge in [0.15, 0.2) is 11.0 Å². The van der Waals surface area contributed by atoms with E-state index >= 15 is 0 Å². The number of nitrogens with zero attached hydrogens (tertiary/aromatic N) is 4. The zero-order chi connectivity index (χ0) is 16.4. The summed E-state index contributed by atoms with van der Waals surface area (Å²) in [5.41, 5.74) is 1.20. The quantitative estimate of drug-likeness (QED) is 0.920. The molecule has 0 atom stereocenters. The summed E-state index contributed by atoms with van der Waals surface area (Å²) in [4.78, 5) is 23.4. The van der Waals surface area contributed by atoms with Crippen LogP contribution in [0.4, 0.5) is 0 Å². The smallest absolute Gasteiger partial charge is 0.339 e. The molecule has 0 amide bonds. The van der Waals surface area contributed by atoms with Gasteiger partial charge in [-0.1, -0.05) is 25.4 Å². The van der Waals surface area contributed by atoms with Gasteiger partial charge in [-0.15, -0.1) is 0 Å². The standard InChI is InChI=1S/C14H14Cl2N4O2/c1-7(2)11-8(13(21)22)6-17-10(18-11)5-4-9-12(15)19-14(16)20(9)3/h4-7H,1-3H3,(H,21,22). The number of hydrogen-bond donors (Lipinski definition) is 1. The maximum Gasteiger partial charge on any atom is 0.339 e. The number of aromatic carboxylic acids is 1. The molecule has 0 aliphatic rings. The van der Waals surface area contributed by atoms with E-state index in [9.17, 15) is 4.79 Å². The average Bonchev–Trinajstić information content (AvgIpc) is 2.69. The Morgan fingerprint density at radius 1 is 1.32 bits per heavy atom. The Hall–Kier alpha value is -1.92. The van der Waals surface area contributed by atoms with Crippen LogP contribution in [0, 0.1) is 0 Å². The minimum atomic E-state index is -1.04. The van der Waals surface area contributed by atoms with Crippen LogP contribution in [0.1, 0.15) is 47.3 Å². The van der Waals surface area contributed by atoms with Crippen molar-refractivity contribution in [1.82, 2.24) is 19.5 Å². The summed E-state index contributed by atoms with van der Waals surface area (Å²) in [6.45, 7) is 3.75. The van der Waals surface area contributed by atoms with E-state index in [1.807, 2.05) is 13.8 Å². The van der Waals surface area contributed by atoms with Crippen LogP contribution in [0.3, 0.4) is 0 Å². The lowest BCUT2D eigenvalue weighted by Crippen LogP contribution is -2.08. The molecule has 2 rings (SSSR count). The van der Waals surface area contributed by atoms with E-state index in [-0.39, 0.29) is 21.9 Å². The average molecular weight is 341 g/mol. The molecule has 0 aliphatic carbocycles. The molecule has 0 radical (unpaired) electrons. The fourth-order valence-electron chi connectivity index (χ4n) is 1.88. The molecule has 8 heteroatoms. The molecule has 116 valence electrons. The lowest BCUT2D eigenvalue weighted by molar-refractivity contribution is 0.0694. The van der Waals surface area contributed by atoms with Crippen LogP contribution in [-0.4, -0.2) is 30.6 Å². The Bertz CT molecular complexity index is 754. The van der Waals surface area contributed by atoms with Gasteiger partial charge in [-0.25, -0.2) is 19.7 Å². The van der Waals surface area contributed by atoms with Crippen LogP contribution in [0.25, 0.3) is 12.2 Å². The zero-order valence-corrected chi connectivity index (χ0v) is 13.7. The van der Waals surface area contributed by atoms with Gasteiger partial charge in [-0.2, -0.15) is 0 Å². The SMILES string of the molecule is CC(C)c1nc(C=Cc2c(Cl)nc(Cl)n2C)ncc1C(=O)O. The van der Waals surface area contributed by atoms with Gasteiger partial charge < -0.3 is 9.67 Å². The highest BCUT2D eigenvalue weighted by Crippen LogP contribution is 2.22. The Balaban J connectivity index is 2.40. The lowest BCUT2D eigenvalue weighted by Gasteiger charge is -2.08. The van der Waals surface area contributed by atoms with Crippen molar-refractivity contribution >= 4 is 41.3 Å². The number of aromatic nitrogens is 4. The Labute approximate surface area is 137 Å². The number of halogens is 2. The summed E-state index contributed by atoms with van der Waals surface area (Å²) in [7, 11) is 1.73. The molecule has 0 aliphatic heterocycles. The van der Waals surface area contributed by atoms with E-state index in [0.717, 1.165) is 0 Å². The third-order valence-corrected chi connectivity index (χ3v) is 3.66. The molecule has 6 nitrogen and oxygen atoms in total. The zero-order valence-electron chi connectivity index (χ0n) is 12.2. The van der Waals surface area contributed by atoms with Crippen LogP contribution in [-0.2, 0) is 7.05 Å². The molecule has 2 heterocycles. The fraction of sp³-hybridized carbons (Fsp3) is 0.286. The van der Waals surface area contributed by atoms with Crippen molar-refractivity contribution in [2.75, 3.05) is 0 Å². The maximum absolute atomic E-state index is 11.2. The van der Waals surface area contributed by atoms with E-state index in [0.29, 0.717) is 17.2 Å². The number of imidazole rings is 1.